The Morgan fingerprint density at radius 3 is 2.37 bits per heavy atom. The summed E-state index contributed by atoms with van der Waals surface area (Å²) in [6.45, 7) is 5.15. The van der Waals surface area contributed by atoms with Gasteiger partial charge in [0.05, 0.1) is 11.1 Å². The van der Waals surface area contributed by atoms with Crippen LogP contribution in [0.15, 0.2) is 36.5 Å². The SMILES string of the molecule is Cc1ccnc2c(O)c3c(nc12)C(=O)N(C(C)(C)c1ccc(F)cc1)C3=O. The molecule has 27 heavy (non-hydrogen) atoms. The summed E-state index contributed by atoms with van der Waals surface area (Å²) in [6.07, 6.45) is 1.51. The molecule has 2 aromatic heterocycles. The number of aromatic hydroxyl groups is 1. The monoisotopic (exact) mass is 365 g/mol. The predicted molar refractivity (Wildman–Crippen MR) is 95.9 cm³/mol. The first-order valence-electron chi connectivity index (χ1n) is 8.36. The Balaban J connectivity index is 1.91. The van der Waals surface area contributed by atoms with Crippen LogP contribution in [-0.4, -0.2) is 31.8 Å². The molecule has 6 nitrogen and oxygen atoms in total. The Morgan fingerprint density at radius 1 is 1.04 bits per heavy atom. The molecule has 0 saturated heterocycles. The Bertz CT molecular complexity index is 1120. The maximum atomic E-state index is 13.3. The Hall–Kier alpha value is -3.35. The van der Waals surface area contributed by atoms with Gasteiger partial charge in [-0.25, -0.2) is 9.37 Å². The number of hydrogen-bond acceptors (Lipinski definition) is 5. The summed E-state index contributed by atoms with van der Waals surface area (Å²) in [5.74, 6) is -2.03. The molecule has 0 saturated carbocycles. The lowest BCUT2D eigenvalue weighted by Gasteiger charge is -2.34. The molecule has 1 aliphatic heterocycles. The lowest BCUT2D eigenvalue weighted by Crippen LogP contribution is -2.45. The fourth-order valence-electron chi connectivity index (χ4n) is 3.42. The van der Waals surface area contributed by atoms with Crippen LogP contribution >= 0.6 is 0 Å². The molecule has 136 valence electrons. The van der Waals surface area contributed by atoms with Crippen LogP contribution in [0.25, 0.3) is 11.0 Å². The molecule has 0 fully saturated rings. The van der Waals surface area contributed by atoms with E-state index >= 15 is 0 Å². The second kappa shape index (κ2) is 5.57. The normalized spacial score (nSPS) is 14.1. The van der Waals surface area contributed by atoms with E-state index in [-0.39, 0.29) is 22.5 Å². The van der Waals surface area contributed by atoms with Gasteiger partial charge >= 0.3 is 0 Å². The summed E-state index contributed by atoms with van der Waals surface area (Å²) in [5.41, 5.74) is 0.542. The van der Waals surface area contributed by atoms with Gasteiger partial charge in [-0.3, -0.25) is 19.5 Å². The minimum absolute atomic E-state index is 0.101. The zero-order valence-corrected chi connectivity index (χ0v) is 14.9. The number of rotatable bonds is 2. The van der Waals surface area contributed by atoms with Crippen molar-refractivity contribution in [3.63, 3.8) is 0 Å². The zero-order chi connectivity index (χ0) is 19.5. The van der Waals surface area contributed by atoms with Crippen molar-refractivity contribution in [3.8, 4) is 5.75 Å². The number of carbonyl (C=O) groups excluding carboxylic acids is 2. The predicted octanol–water partition coefficient (Wildman–Crippen LogP) is 3.31. The molecule has 1 aromatic carbocycles. The first-order valence-corrected chi connectivity index (χ1v) is 8.36. The number of carbonyl (C=O) groups is 2. The maximum absolute atomic E-state index is 13.3. The largest absolute Gasteiger partial charge is 0.505 e. The minimum atomic E-state index is -1.07. The quantitative estimate of drug-likeness (QED) is 0.705. The van der Waals surface area contributed by atoms with Crippen molar-refractivity contribution in [2.24, 2.45) is 0 Å². The smallest absolute Gasteiger partial charge is 0.281 e. The maximum Gasteiger partial charge on any atom is 0.281 e. The van der Waals surface area contributed by atoms with Crippen molar-refractivity contribution in [1.29, 1.82) is 0 Å². The first kappa shape index (κ1) is 17.1. The van der Waals surface area contributed by atoms with Crippen molar-refractivity contribution in [3.05, 3.63) is 64.7 Å². The molecular formula is C20H16FN3O3. The number of halogens is 1. The molecule has 0 bridgehead atoms. The number of nitrogens with zero attached hydrogens (tertiary/aromatic N) is 3. The molecule has 1 N–H and O–H groups in total. The van der Waals surface area contributed by atoms with Gasteiger partial charge in [-0.15, -0.1) is 0 Å². The highest BCUT2D eigenvalue weighted by Gasteiger charge is 2.48. The second-order valence-electron chi connectivity index (χ2n) is 7.02. The fraction of sp³-hybridized carbons (Fsp3) is 0.200. The number of pyridine rings is 2. The molecule has 0 aliphatic carbocycles. The van der Waals surface area contributed by atoms with Crippen molar-refractivity contribution >= 4 is 22.8 Å². The lowest BCUT2D eigenvalue weighted by atomic mass is 9.92. The van der Waals surface area contributed by atoms with Crippen LogP contribution in [0.5, 0.6) is 5.75 Å². The summed E-state index contributed by atoms with van der Waals surface area (Å²) in [5, 5.41) is 10.6. The number of hydrogen-bond donors (Lipinski definition) is 1. The molecule has 4 rings (SSSR count). The molecule has 1 aliphatic rings. The van der Waals surface area contributed by atoms with E-state index in [1.807, 2.05) is 0 Å². The van der Waals surface area contributed by atoms with Gasteiger partial charge in [-0.2, -0.15) is 0 Å². The van der Waals surface area contributed by atoms with Gasteiger partial charge < -0.3 is 5.11 Å². The van der Waals surface area contributed by atoms with Gasteiger partial charge in [-0.05, 0) is 50.1 Å². The highest BCUT2D eigenvalue weighted by molar-refractivity contribution is 6.23. The van der Waals surface area contributed by atoms with Gasteiger partial charge in [0, 0.05) is 6.20 Å². The Kier molecular flexibility index (Phi) is 3.53. The number of aromatic nitrogens is 2. The van der Waals surface area contributed by atoms with Crippen LogP contribution in [0.1, 0.15) is 45.8 Å². The Morgan fingerprint density at radius 2 is 1.70 bits per heavy atom. The summed E-state index contributed by atoms with van der Waals surface area (Å²) in [4.78, 5) is 35.6. The average molecular weight is 365 g/mol. The van der Waals surface area contributed by atoms with E-state index < -0.39 is 23.2 Å². The van der Waals surface area contributed by atoms with Gasteiger partial charge in [0.1, 0.15) is 22.6 Å². The van der Waals surface area contributed by atoms with Crippen molar-refractivity contribution in [2.45, 2.75) is 26.3 Å². The van der Waals surface area contributed by atoms with Crippen LogP contribution < -0.4 is 0 Å². The second-order valence-corrected chi connectivity index (χ2v) is 7.02. The highest BCUT2D eigenvalue weighted by Crippen LogP contribution is 2.40. The van der Waals surface area contributed by atoms with E-state index in [4.69, 9.17) is 0 Å². The van der Waals surface area contributed by atoms with Gasteiger partial charge in [0.15, 0.2) is 5.75 Å². The molecule has 7 heteroatoms. The third-order valence-corrected chi connectivity index (χ3v) is 4.98. The van der Waals surface area contributed by atoms with Crippen LogP contribution in [-0.2, 0) is 5.54 Å². The summed E-state index contributed by atoms with van der Waals surface area (Å²) in [7, 11) is 0. The summed E-state index contributed by atoms with van der Waals surface area (Å²) < 4.78 is 13.3. The van der Waals surface area contributed by atoms with Crippen molar-refractivity contribution in [2.75, 3.05) is 0 Å². The standard InChI is InChI=1S/C20H16FN3O3/c1-10-8-9-22-16-14(10)23-15-13(17(16)25)18(26)24(19(15)27)20(2,3)11-4-6-12(21)7-5-11/h4-9H,1-3H3,(H,23,25). The molecule has 3 aromatic rings. The van der Waals surface area contributed by atoms with Crippen molar-refractivity contribution in [1.82, 2.24) is 14.9 Å². The van der Waals surface area contributed by atoms with E-state index in [9.17, 15) is 19.1 Å². The van der Waals surface area contributed by atoms with E-state index in [0.29, 0.717) is 11.1 Å². The topological polar surface area (TPSA) is 83.4 Å². The van der Waals surface area contributed by atoms with Gasteiger partial charge in [0.25, 0.3) is 11.8 Å². The summed E-state index contributed by atoms with van der Waals surface area (Å²) in [6, 6.07) is 7.30. The number of imide groups is 1. The van der Waals surface area contributed by atoms with Gasteiger partial charge in [0.2, 0.25) is 0 Å². The number of fused-ring (bicyclic) bond motifs is 2. The molecule has 0 spiro atoms. The molecule has 0 radical (unpaired) electrons. The lowest BCUT2D eigenvalue weighted by molar-refractivity contribution is 0.0472. The Labute approximate surface area is 154 Å². The third-order valence-electron chi connectivity index (χ3n) is 4.98. The molecule has 3 heterocycles. The summed E-state index contributed by atoms with van der Waals surface area (Å²) >= 11 is 0. The van der Waals surface area contributed by atoms with E-state index in [1.165, 1.54) is 30.5 Å². The van der Waals surface area contributed by atoms with Crippen LogP contribution in [0.4, 0.5) is 4.39 Å². The number of benzene rings is 1. The van der Waals surface area contributed by atoms with Crippen molar-refractivity contribution < 1.29 is 19.1 Å². The van der Waals surface area contributed by atoms with Gasteiger partial charge in [-0.1, -0.05) is 12.1 Å². The number of amides is 2. The van der Waals surface area contributed by atoms with E-state index in [1.54, 1.807) is 26.8 Å². The third kappa shape index (κ3) is 2.31. The van der Waals surface area contributed by atoms with E-state index in [0.717, 1.165) is 10.5 Å². The molecule has 0 unspecified atom stereocenters. The fourth-order valence-corrected chi connectivity index (χ4v) is 3.42. The molecule has 0 atom stereocenters. The average Bonchev–Trinajstić information content (AvgIpc) is 2.88. The highest BCUT2D eigenvalue weighted by atomic mass is 19.1. The zero-order valence-electron chi connectivity index (χ0n) is 14.9. The first-order chi connectivity index (χ1) is 12.7. The minimum Gasteiger partial charge on any atom is -0.505 e. The van der Waals surface area contributed by atoms with Crippen LogP contribution in [0.2, 0.25) is 0 Å². The molecule has 2 amide bonds. The van der Waals surface area contributed by atoms with Crippen LogP contribution in [0, 0.1) is 12.7 Å². The van der Waals surface area contributed by atoms with E-state index in [2.05, 4.69) is 9.97 Å². The number of aryl methyl sites for hydroxylation is 1. The molecular weight excluding hydrogens is 349 g/mol. The van der Waals surface area contributed by atoms with Crippen LogP contribution in [0.3, 0.4) is 0 Å².